The normalized spacial score (nSPS) is 12.2. The molecule has 0 nitrogen and oxygen atoms in total. The maximum atomic E-state index is 3.68. The quantitative estimate of drug-likeness (QED) is 0.362. The van der Waals surface area contributed by atoms with Gasteiger partial charge in [-0.15, -0.1) is 0 Å². The van der Waals surface area contributed by atoms with Crippen LogP contribution in [0, 0.1) is 6.07 Å². The summed E-state index contributed by atoms with van der Waals surface area (Å²) in [5.74, 6) is 0. The molecule has 0 aliphatic heterocycles. The van der Waals surface area contributed by atoms with Gasteiger partial charge in [0, 0.05) is 0 Å². The van der Waals surface area contributed by atoms with E-state index in [4.69, 9.17) is 0 Å². The van der Waals surface area contributed by atoms with Crippen LogP contribution >= 0.6 is 0 Å². The Labute approximate surface area is 136 Å². The van der Waals surface area contributed by atoms with E-state index < -0.39 is 0 Å². The Bertz CT molecular complexity index is 1040. The summed E-state index contributed by atoms with van der Waals surface area (Å²) < 4.78 is 0. The van der Waals surface area contributed by atoms with Crippen LogP contribution in [0.2, 0.25) is 0 Å². The van der Waals surface area contributed by atoms with E-state index >= 15 is 0 Å². The molecule has 0 saturated heterocycles. The van der Waals surface area contributed by atoms with E-state index in [0.29, 0.717) is 0 Å². The van der Waals surface area contributed by atoms with Gasteiger partial charge in [0.25, 0.3) is 0 Å². The highest BCUT2D eigenvalue weighted by atomic mass is 14.2. The van der Waals surface area contributed by atoms with Gasteiger partial charge >= 0.3 is 0 Å². The molecular formula is C23H15. The van der Waals surface area contributed by atoms with Gasteiger partial charge in [0.05, 0.1) is 0 Å². The van der Waals surface area contributed by atoms with Crippen molar-refractivity contribution in [1.82, 2.24) is 0 Å². The number of benzene rings is 4. The molecule has 5 rings (SSSR count). The average Bonchev–Trinajstić information content (AvgIpc) is 2.99. The number of hydrogen-bond donors (Lipinski definition) is 0. The van der Waals surface area contributed by atoms with Crippen LogP contribution in [-0.2, 0) is 6.42 Å². The van der Waals surface area contributed by atoms with Crippen molar-refractivity contribution in [3.8, 4) is 22.3 Å². The minimum absolute atomic E-state index is 0.990. The van der Waals surface area contributed by atoms with Crippen molar-refractivity contribution in [2.75, 3.05) is 0 Å². The molecule has 23 heavy (non-hydrogen) atoms. The first-order valence-electron chi connectivity index (χ1n) is 8.02. The lowest BCUT2D eigenvalue weighted by Crippen LogP contribution is -1.86. The molecule has 4 aromatic rings. The molecule has 4 aromatic carbocycles. The van der Waals surface area contributed by atoms with Gasteiger partial charge in [-0.2, -0.15) is 0 Å². The fraction of sp³-hybridized carbons (Fsp3) is 0.0435. The second-order valence-corrected chi connectivity index (χ2v) is 6.12. The lowest BCUT2D eigenvalue weighted by Gasteiger charge is -2.08. The van der Waals surface area contributed by atoms with Crippen LogP contribution in [0.3, 0.4) is 0 Å². The molecule has 0 fully saturated rings. The minimum atomic E-state index is 0.990. The van der Waals surface area contributed by atoms with Crippen LogP contribution in [0.4, 0.5) is 0 Å². The summed E-state index contributed by atoms with van der Waals surface area (Å²) in [6.07, 6.45) is 0.990. The summed E-state index contributed by atoms with van der Waals surface area (Å²) >= 11 is 0. The molecule has 107 valence electrons. The van der Waals surface area contributed by atoms with Crippen LogP contribution in [0.5, 0.6) is 0 Å². The van der Waals surface area contributed by atoms with Gasteiger partial charge in [-0.3, -0.25) is 0 Å². The summed E-state index contributed by atoms with van der Waals surface area (Å²) in [6.45, 7) is 0. The fourth-order valence-electron chi connectivity index (χ4n) is 3.68. The summed E-state index contributed by atoms with van der Waals surface area (Å²) in [7, 11) is 0. The molecule has 0 heterocycles. The molecule has 0 unspecified atom stereocenters. The second-order valence-electron chi connectivity index (χ2n) is 6.12. The summed E-state index contributed by atoms with van der Waals surface area (Å²) in [6, 6.07) is 31.9. The molecule has 0 aromatic heterocycles. The Balaban J connectivity index is 1.70. The molecule has 0 spiro atoms. The third kappa shape index (κ3) is 1.92. The predicted molar refractivity (Wildman–Crippen MR) is 96.5 cm³/mol. The smallest absolute Gasteiger partial charge is 0.000706 e. The molecule has 0 N–H and O–H groups in total. The molecule has 0 atom stereocenters. The highest BCUT2D eigenvalue weighted by molar-refractivity contribution is 5.97. The fourth-order valence-corrected chi connectivity index (χ4v) is 3.68. The van der Waals surface area contributed by atoms with Crippen molar-refractivity contribution in [2.45, 2.75) is 6.42 Å². The van der Waals surface area contributed by atoms with Crippen LogP contribution in [-0.4, -0.2) is 0 Å². The highest BCUT2D eigenvalue weighted by Gasteiger charge is 2.18. The number of fused-ring (bicyclic) bond motifs is 4. The summed E-state index contributed by atoms with van der Waals surface area (Å²) in [4.78, 5) is 0. The van der Waals surface area contributed by atoms with Gasteiger partial charge in [-0.1, -0.05) is 78.9 Å². The van der Waals surface area contributed by atoms with Crippen molar-refractivity contribution in [3.05, 3.63) is 96.1 Å². The third-order valence-electron chi connectivity index (χ3n) is 4.78. The standard InChI is InChI=1S/C23H15/c1-3-9-20-16(6-1)8-5-11-22(20)18-12-13-23-19(15-18)14-17-7-2-4-10-21(17)23/h1-13H,14H2. The van der Waals surface area contributed by atoms with Crippen molar-refractivity contribution in [1.29, 1.82) is 0 Å². The average molecular weight is 291 g/mol. The molecule has 0 amide bonds. The Morgan fingerprint density at radius 3 is 2.39 bits per heavy atom. The van der Waals surface area contributed by atoms with E-state index in [1.54, 1.807) is 0 Å². The molecular weight excluding hydrogens is 276 g/mol. The molecule has 0 saturated carbocycles. The van der Waals surface area contributed by atoms with Crippen molar-refractivity contribution >= 4 is 10.8 Å². The molecule has 0 bridgehead atoms. The van der Waals surface area contributed by atoms with E-state index in [2.05, 4.69) is 84.9 Å². The van der Waals surface area contributed by atoms with Gasteiger partial charge in [0.1, 0.15) is 0 Å². The molecule has 1 aliphatic rings. The van der Waals surface area contributed by atoms with Crippen LogP contribution in [0.15, 0.2) is 78.9 Å². The summed E-state index contributed by atoms with van der Waals surface area (Å²) in [5, 5.41) is 2.57. The first kappa shape index (κ1) is 12.7. The SMILES string of the molecule is [c]1c(-c2cccc3ccccc23)ccc2c1Cc1ccccc1-2. The Hall–Kier alpha value is -2.86. The van der Waals surface area contributed by atoms with Crippen molar-refractivity contribution < 1.29 is 0 Å². The maximum absolute atomic E-state index is 3.68. The van der Waals surface area contributed by atoms with Gasteiger partial charge in [0.2, 0.25) is 0 Å². The maximum Gasteiger partial charge on any atom is -0.000706 e. The van der Waals surface area contributed by atoms with Crippen LogP contribution < -0.4 is 0 Å². The van der Waals surface area contributed by atoms with E-state index in [9.17, 15) is 0 Å². The summed E-state index contributed by atoms with van der Waals surface area (Å²) in [5.41, 5.74) is 7.88. The zero-order valence-corrected chi connectivity index (χ0v) is 12.7. The third-order valence-corrected chi connectivity index (χ3v) is 4.78. The largest absolute Gasteiger partial charge is 0.0619 e. The van der Waals surface area contributed by atoms with Crippen molar-refractivity contribution in [2.24, 2.45) is 0 Å². The number of rotatable bonds is 1. The van der Waals surface area contributed by atoms with Gasteiger partial charge in [0.15, 0.2) is 0 Å². The zero-order valence-electron chi connectivity index (χ0n) is 12.7. The van der Waals surface area contributed by atoms with Crippen LogP contribution in [0.1, 0.15) is 11.1 Å². The van der Waals surface area contributed by atoms with E-state index in [-0.39, 0.29) is 0 Å². The molecule has 1 aliphatic carbocycles. The number of hydrogen-bond acceptors (Lipinski definition) is 0. The first-order chi connectivity index (χ1) is 11.4. The highest BCUT2D eigenvalue weighted by Crippen LogP contribution is 2.39. The topological polar surface area (TPSA) is 0 Å². The van der Waals surface area contributed by atoms with Gasteiger partial charge in [-0.05, 0) is 56.6 Å². The lowest BCUT2D eigenvalue weighted by atomic mass is 9.95. The Kier molecular flexibility index (Phi) is 2.65. The zero-order chi connectivity index (χ0) is 15.2. The Morgan fingerprint density at radius 2 is 1.39 bits per heavy atom. The molecule has 1 radical (unpaired) electrons. The lowest BCUT2D eigenvalue weighted by molar-refractivity contribution is 1.26. The van der Waals surface area contributed by atoms with Gasteiger partial charge < -0.3 is 0 Å². The van der Waals surface area contributed by atoms with Crippen molar-refractivity contribution in [3.63, 3.8) is 0 Å². The van der Waals surface area contributed by atoms with E-state index in [1.165, 1.54) is 44.2 Å². The second kappa shape index (κ2) is 4.82. The van der Waals surface area contributed by atoms with Gasteiger partial charge in [-0.25, -0.2) is 0 Å². The minimum Gasteiger partial charge on any atom is -0.0619 e. The molecule has 0 heteroatoms. The monoisotopic (exact) mass is 291 g/mol. The predicted octanol–water partition coefficient (Wildman–Crippen LogP) is 5.88. The Morgan fingerprint density at radius 1 is 0.609 bits per heavy atom. The van der Waals surface area contributed by atoms with Crippen LogP contribution in [0.25, 0.3) is 33.0 Å². The van der Waals surface area contributed by atoms with E-state index in [1.807, 2.05) is 0 Å². The first-order valence-corrected chi connectivity index (χ1v) is 8.02. The van der Waals surface area contributed by atoms with E-state index in [0.717, 1.165) is 6.42 Å².